The van der Waals surface area contributed by atoms with Gasteiger partial charge in [0.2, 0.25) is 0 Å². The first-order valence-electron chi connectivity index (χ1n) is 9.97. The first-order valence-corrected chi connectivity index (χ1v) is 9.97. The Hall–Kier alpha value is -3.09. The molecule has 1 N–H and O–H groups in total. The number of hydrogen-bond acceptors (Lipinski definition) is 5. The van der Waals surface area contributed by atoms with Gasteiger partial charge >= 0.3 is 0 Å². The molecule has 7 heteroatoms. The Kier molecular flexibility index (Phi) is 5.38. The average molecular weight is 394 g/mol. The zero-order chi connectivity index (χ0) is 20.4. The molecule has 1 amide bonds. The first-order chi connectivity index (χ1) is 14.0. The van der Waals surface area contributed by atoms with Crippen molar-refractivity contribution in [3.8, 4) is 5.75 Å². The summed E-state index contributed by atoms with van der Waals surface area (Å²) in [5.41, 5.74) is 5.86. The van der Waals surface area contributed by atoms with Crippen molar-refractivity contribution in [1.82, 2.24) is 20.3 Å². The summed E-state index contributed by atoms with van der Waals surface area (Å²) < 4.78 is 11.1. The summed E-state index contributed by atoms with van der Waals surface area (Å²) in [6.07, 6.45) is 4.42. The van der Waals surface area contributed by atoms with E-state index in [0.29, 0.717) is 12.3 Å². The number of ether oxygens (including phenoxy) is 1. The second kappa shape index (κ2) is 8.11. The van der Waals surface area contributed by atoms with Crippen LogP contribution in [0, 0.1) is 13.8 Å². The Morgan fingerprint density at radius 1 is 1.24 bits per heavy atom. The van der Waals surface area contributed by atoms with Gasteiger partial charge in [0.15, 0.2) is 11.5 Å². The Labute approximate surface area is 170 Å². The zero-order valence-corrected chi connectivity index (χ0v) is 17.1. The van der Waals surface area contributed by atoms with Crippen LogP contribution in [0.2, 0.25) is 0 Å². The maximum Gasteiger partial charge on any atom is 0.276 e. The van der Waals surface area contributed by atoms with Crippen molar-refractivity contribution < 1.29 is 14.1 Å². The predicted molar refractivity (Wildman–Crippen MR) is 108 cm³/mol. The summed E-state index contributed by atoms with van der Waals surface area (Å²) >= 11 is 0. The minimum absolute atomic E-state index is 0.195. The maximum atomic E-state index is 12.7. The van der Waals surface area contributed by atoms with Gasteiger partial charge in [-0.25, -0.2) is 0 Å². The molecule has 0 unspecified atom stereocenters. The summed E-state index contributed by atoms with van der Waals surface area (Å²) in [5, 5.41) is 11.5. The molecule has 2 aromatic heterocycles. The molecule has 0 spiro atoms. The van der Waals surface area contributed by atoms with Gasteiger partial charge in [-0.3, -0.25) is 9.89 Å². The van der Waals surface area contributed by atoms with Gasteiger partial charge in [0, 0.05) is 18.8 Å². The monoisotopic (exact) mass is 394 g/mol. The van der Waals surface area contributed by atoms with E-state index in [0.717, 1.165) is 35.4 Å². The third kappa shape index (κ3) is 4.18. The average Bonchev–Trinajstić information content (AvgIpc) is 3.36. The summed E-state index contributed by atoms with van der Waals surface area (Å²) in [7, 11) is 1.76. The molecule has 0 saturated carbocycles. The molecule has 2 heterocycles. The topological polar surface area (TPSA) is 84.2 Å². The van der Waals surface area contributed by atoms with E-state index in [1.54, 1.807) is 18.0 Å². The number of fused-ring (bicyclic) bond motifs is 1. The number of amides is 1. The van der Waals surface area contributed by atoms with Crippen LogP contribution in [0.3, 0.4) is 0 Å². The van der Waals surface area contributed by atoms with Crippen LogP contribution in [0.5, 0.6) is 5.75 Å². The summed E-state index contributed by atoms with van der Waals surface area (Å²) in [4.78, 5) is 14.4. The molecule has 29 heavy (non-hydrogen) atoms. The summed E-state index contributed by atoms with van der Waals surface area (Å²) in [6.45, 7) is 4.68. The Morgan fingerprint density at radius 3 is 2.93 bits per heavy atom. The van der Waals surface area contributed by atoms with Gasteiger partial charge in [-0.05, 0) is 62.3 Å². The molecule has 0 bridgehead atoms. The minimum atomic E-state index is -0.195. The molecule has 1 aromatic carbocycles. The van der Waals surface area contributed by atoms with E-state index in [4.69, 9.17) is 9.26 Å². The Morgan fingerprint density at radius 2 is 2.07 bits per heavy atom. The van der Waals surface area contributed by atoms with Gasteiger partial charge in [-0.15, -0.1) is 0 Å². The number of aromatic nitrogens is 3. The van der Waals surface area contributed by atoms with Crippen LogP contribution in [0.15, 0.2) is 28.8 Å². The number of carbonyl (C=O) groups is 1. The van der Waals surface area contributed by atoms with Crippen LogP contribution in [-0.2, 0) is 26.0 Å². The molecule has 0 atom stereocenters. The van der Waals surface area contributed by atoms with E-state index in [2.05, 4.69) is 15.4 Å². The number of carbonyl (C=O) groups excluding carboxylic acids is 1. The number of aryl methyl sites for hydroxylation is 3. The second-order valence-electron chi connectivity index (χ2n) is 7.73. The number of benzene rings is 1. The number of hydrogen-bond donors (Lipinski definition) is 1. The lowest BCUT2D eigenvalue weighted by atomic mass is 9.96. The predicted octanol–water partition coefficient (Wildman–Crippen LogP) is 3.74. The molecule has 0 radical (unpaired) electrons. The van der Waals surface area contributed by atoms with E-state index < -0.39 is 0 Å². The van der Waals surface area contributed by atoms with Crippen LogP contribution < -0.4 is 4.74 Å². The van der Waals surface area contributed by atoms with Gasteiger partial charge in [0.05, 0.1) is 12.2 Å². The Balaban J connectivity index is 1.39. The SMILES string of the molecule is Cc1ccc(C)c(OCc2cc(C(=O)N(C)Cc3n[nH]c4c3CCCC4)no2)c1. The number of nitrogens with one attached hydrogen (secondary N) is 1. The van der Waals surface area contributed by atoms with Crippen LogP contribution in [0.4, 0.5) is 0 Å². The molecule has 0 fully saturated rings. The van der Waals surface area contributed by atoms with Crippen molar-refractivity contribution in [2.24, 2.45) is 0 Å². The lowest BCUT2D eigenvalue weighted by Gasteiger charge is -2.16. The number of aromatic amines is 1. The standard InChI is InChI=1S/C22H26N4O3/c1-14-8-9-15(2)21(10-14)28-13-16-11-19(25-29-16)22(27)26(3)12-20-17-6-4-5-7-18(17)23-24-20/h8-11H,4-7,12-13H2,1-3H3,(H,23,24). The number of H-pyrrole nitrogens is 1. The van der Waals surface area contributed by atoms with Gasteiger partial charge in [0.25, 0.3) is 5.91 Å². The van der Waals surface area contributed by atoms with Crippen LogP contribution in [0.1, 0.15) is 57.2 Å². The van der Waals surface area contributed by atoms with E-state index in [9.17, 15) is 4.79 Å². The third-order valence-electron chi connectivity index (χ3n) is 5.37. The van der Waals surface area contributed by atoms with Crippen molar-refractivity contribution >= 4 is 5.91 Å². The fraction of sp³-hybridized carbons (Fsp3) is 0.409. The molecule has 0 saturated heterocycles. The van der Waals surface area contributed by atoms with Crippen LogP contribution in [-0.4, -0.2) is 33.2 Å². The molecule has 152 valence electrons. The number of rotatable bonds is 6. The van der Waals surface area contributed by atoms with Gasteiger partial charge in [-0.2, -0.15) is 5.10 Å². The molecule has 7 nitrogen and oxygen atoms in total. The van der Waals surface area contributed by atoms with Crippen molar-refractivity contribution in [2.45, 2.75) is 52.7 Å². The first kappa shape index (κ1) is 19.2. The van der Waals surface area contributed by atoms with Crippen LogP contribution in [0.25, 0.3) is 0 Å². The van der Waals surface area contributed by atoms with Crippen LogP contribution >= 0.6 is 0 Å². The molecule has 3 aromatic rings. The van der Waals surface area contributed by atoms with Crippen molar-refractivity contribution in [1.29, 1.82) is 0 Å². The van der Waals surface area contributed by atoms with E-state index in [1.165, 1.54) is 24.1 Å². The van der Waals surface area contributed by atoms with E-state index >= 15 is 0 Å². The van der Waals surface area contributed by atoms with Gasteiger partial charge < -0.3 is 14.2 Å². The van der Waals surface area contributed by atoms with E-state index in [-0.39, 0.29) is 18.2 Å². The largest absolute Gasteiger partial charge is 0.485 e. The summed E-state index contributed by atoms with van der Waals surface area (Å²) in [5.74, 6) is 1.12. The highest BCUT2D eigenvalue weighted by Crippen LogP contribution is 2.24. The van der Waals surface area contributed by atoms with E-state index in [1.807, 2.05) is 32.0 Å². The second-order valence-corrected chi connectivity index (χ2v) is 7.73. The molecule has 1 aliphatic rings. The van der Waals surface area contributed by atoms with Crippen molar-refractivity contribution in [3.63, 3.8) is 0 Å². The highest BCUT2D eigenvalue weighted by Gasteiger charge is 2.22. The lowest BCUT2D eigenvalue weighted by molar-refractivity contribution is 0.0772. The summed E-state index contributed by atoms with van der Waals surface area (Å²) in [6, 6.07) is 7.68. The molecular formula is C22H26N4O3. The highest BCUT2D eigenvalue weighted by molar-refractivity contribution is 5.92. The Bertz CT molecular complexity index is 1020. The smallest absolute Gasteiger partial charge is 0.276 e. The fourth-order valence-corrected chi connectivity index (χ4v) is 3.67. The zero-order valence-electron chi connectivity index (χ0n) is 17.1. The van der Waals surface area contributed by atoms with Crippen molar-refractivity contribution in [3.05, 3.63) is 63.8 Å². The quantitative estimate of drug-likeness (QED) is 0.688. The fourth-order valence-electron chi connectivity index (χ4n) is 3.67. The lowest BCUT2D eigenvalue weighted by Crippen LogP contribution is -2.27. The van der Waals surface area contributed by atoms with Crippen molar-refractivity contribution in [2.75, 3.05) is 7.05 Å². The molecule has 0 aliphatic heterocycles. The van der Waals surface area contributed by atoms with Gasteiger partial charge in [0.1, 0.15) is 12.4 Å². The highest BCUT2D eigenvalue weighted by atomic mass is 16.5. The normalized spacial score (nSPS) is 13.2. The van der Waals surface area contributed by atoms with Gasteiger partial charge in [-0.1, -0.05) is 17.3 Å². The third-order valence-corrected chi connectivity index (χ3v) is 5.37. The maximum absolute atomic E-state index is 12.7. The minimum Gasteiger partial charge on any atom is -0.485 e. The molecular weight excluding hydrogens is 368 g/mol. The molecule has 4 rings (SSSR count). The number of nitrogens with zero attached hydrogens (tertiary/aromatic N) is 3. The molecule has 1 aliphatic carbocycles.